The van der Waals surface area contributed by atoms with E-state index in [2.05, 4.69) is 46.7 Å². The molecule has 4 rings (SSSR count). The third-order valence-electron chi connectivity index (χ3n) is 8.34. The van der Waals surface area contributed by atoms with Crippen molar-refractivity contribution in [3.63, 3.8) is 0 Å². The topological polar surface area (TPSA) is 79.9 Å². The number of methoxy groups -OCH3 is 1. The maximum absolute atomic E-state index is 12.9. The quantitative estimate of drug-likeness (QED) is 0.259. The molecule has 2 aromatic rings. The molecule has 38 heavy (non-hydrogen) atoms. The largest absolute Gasteiger partial charge is 0.385 e. The lowest BCUT2D eigenvalue weighted by atomic mass is 9.84. The summed E-state index contributed by atoms with van der Waals surface area (Å²) in [6.45, 7) is 6.61. The monoisotopic (exact) mass is 525 g/mol. The summed E-state index contributed by atoms with van der Waals surface area (Å²) < 4.78 is 11.6. The summed E-state index contributed by atoms with van der Waals surface area (Å²) in [5.74, 6) is 0.932. The first-order chi connectivity index (χ1) is 18.6. The Morgan fingerprint density at radius 2 is 1.79 bits per heavy atom. The van der Waals surface area contributed by atoms with E-state index in [-0.39, 0.29) is 28.9 Å². The van der Waals surface area contributed by atoms with E-state index in [1.807, 2.05) is 6.07 Å². The van der Waals surface area contributed by atoms with Gasteiger partial charge in [-0.25, -0.2) is 0 Å². The van der Waals surface area contributed by atoms with Gasteiger partial charge in [0, 0.05) is 51.9 Å². The predicted molar refractivity (Wildman–Crippen MR) is 155 cm³/mol. The molecule has 0 aromatic heterocycles. The molecule has 2 aromatic carbocycles. The number of benzene rings is 1. The van der Waals surface area contributed by atoms with Gasteiger partial charge in [-0.3, -0.25) is 9.59 Å². The van der Waals surface area contributed by atoms with Crippen LogP contribution in [0.15, 0.2) is 39.9 Å². The molecule has 0 radical (unpaired) electrons. The van der Waals surface area contributed by atoms with Crippen molar-refractivity contribution in [2.75, 3.05) is 56.7 Å². The molecule has 1 aliphatic heterocycles. The summed E-state index contributed by atoms with van der Waals surface area (Å²) in [4.78, 5) is 27.9. The molecule has 1 heterocycles. The van der Waals surface area contributed by atoms with E-state index in [0.29, 0.717) is 37.1 Å². The van der Waals surface area contributed by atoms with E-state index in [4.69, 9.17) is 9.47 Å². The second kappa shape index (κ2) is 14.8. The van der Waals surface area contributed by atoms with Crippen LogP contribution in [0, 0.1) is 11.8 Å². The maximum Gasteiger partial charge on any atom is 0.253 e. The van der Waals surface area contributed by atoms with Crippen LogP contribution in [-0.2, 0) is 9.47 Å². The van der Waals surface area contributed by atoms with Crippen LogP contribution in [0.4, 0.5) is 11.4 Å². The molecule has 2 unspecified atom stereocenters. The minimum atomic E-state index is -0.359. The highest BCUT2D eigenvalue weighted by molar-refractivity contribution is 5.75. The van der Waals surface area contributed by atoms with Gasteiger partial charge in [-0.05, 0) is 43.7 Å². The lowest BCUT2D eigenvalue weighted by molar-refractivity contribution is -0.00235. The van der Waals surface area contributed by atoms with Gasteiger partial charge in [0.05, 0.1) is 6.10 Å². The molecule has 7 heteroatoms. The first-order valence-corrected chi connectivity index (χ1v) is 14.8. The number of nitrogens with one attached hydrogen (secondary N) is 2. The molecule has 3 atom stereocenters. The Labute approximate surface area is 228 Å². The van der Waals surface area contributed by atoms with Gasteiger partial charge in [0.25, 0.3) is 10.9 Å². The van der Waals surface area contributed by atoms with Crippen LogP contribution in [0.3, 0.4) is 0 Å². The molecule has 1 aliphatic carbocycles. The van der Waals surface area contributed by atoms with Crippen LogP contribution >= 0.6 is 0 Å². The van der Waals surface area contributed by atoms with Crippen LogP contribution in [0.1, 0.15) is 76.4 Å². The average molecular weight is 526 g/mol. The second-order valence-corrected chi connectivity index (χ2v) is 11.2. The Kier molecular flexibility index (Phi) is 11.2. The SMILES string of the molecule is CCNCC(CC1CCCCC1)Nc1c(N2CCCC([C@@H](OCCCOC)c3ccccc3)C2)c(=O)c1=O. The van der Waals surface area contributed by atoms with Crippen LogP contribution in [-0.4, -0.2) is 52.5 Å². The fourth-order valence-electron chi connectivity index (χ4n) is 6.38. The third kappa shape index (κ3) is 7.45. The molecule has 0 spiro atoms. The van der Waals surface area contributed by atoms with Crippen LogP contribution in [0.2, 0.25) is 0 Å². The van der Waals surface area contributed by atoms with Gasteiger partial charge in [-0.1, -0.05) is 69.4 Å². The van der Waals surface area contributed by atoms with Gasteiger partial charge in [-0.2, -0.15) is 0 Å². The summed E-state index contributed by atoms with van der Waals surface area (Å²) >= 11 is 0. The van der Waals surface area contributed by atoms with Crippen molar-refractivity contribution in [2.45, 2.75) is 76.9 Å². The van der Waals surface area contributed by atoms with E-state index in [9.17, 15) is 9.59 Å². The van der Waals surface area contributed by atoms with Crippen molar-refractivity contribution in [3.8, 4) is 0 Å². The first kappa shape index (κ1) is 28.8. The average Bonchev–Trinajstić information content (AvgIpc) is 2.96. The zero-order valence-corrected chi connectivity index (χ0v) is 23.4. The smallest absolute Gasteiger partial charge is 0.253 e. The van der Waals surface area contributed by atoms with E-state index in [1.165, 1.54) is 37.7 Å². The number of hydrogen-bond donors (Lipinski definition) is 2. The standard InChI is InChI=1S/C31H47N3O4/c1-3-32-21-26(20-23-12-6-4-7-13-23)33-27-28(30(36)29(27)35)34-17-10-16-25(22-34)31(38-19-11-18-37-2)24-14-8-5-9-15-24/h5,8-9,14-15,23,25-26,31-33H,3-4,6-7,10-13,16-22H2,1-2H3/t25?,26?,31-/m0/s1. The summed E-state index contributed by atoms with van der Waals surface area (Å²) in [6.07, 6.45) is 10.3. The van der Waals surface area contributed by atoms with E-state index in [0.717, 1.165) is 45.3 Å². The van der Waals surface area contributed by atoms with Crippen molar-refractivity contribution >= 4 is 11.4 Å². The Hall–Kier alpha value is -2.22. The normalized spacial score (nSPS) is 20.5. The molecule has 1 saturated carbocycles. The molecule has 2 N–H and O–H groups in total. The van der Waals surface area contributed by atoms with Gasteiger partial charge in [0.15, 0.2) is 0 Å². The van der Waals surface area contributed by atoms with Gasteiger partial charge in [-0.15, -0.1) is 0 Å². The zero-order chi connectivity index (χ0) is 26.7. The summed E-state index contributed by atoms with van der Waals surface area (Å²) in [5, 5.41) is 7.01. The van der Waals surface area contributed by atoms with Crippen molar-refractivity contribution < 1.29 is 9.47 Å². The fraction of sp³-hybridized carbons (Fsp3) is 0.677. The Morgan fingerprint density at radius 3 is 2.53 bits per heavy atom. The Balaban J connectivity index is 1.48. The molecule has 2 fully saturated rings. The molecular formula is C31H47N3O4. The Morgan fingerprint density at radius 1 is 1.00 bits per heavy atom. The molecule has 7 nitrogen and oxygen atoms in total. The van der Waals surface area contributed by atoms with Crippen LogP contribution in [0.25, 0.3) is 0 Å². The fourth-order valence-corrected chi connectivity index (χ4v) is 6.38. The predicted octanol–water partition coefficient (Wildman–Crippen LogP) is 4.65. The van der Waals surface area contributed by atoms with E-state index < -0.39 is 0 Å². The van der Waals surface area contributed by atoms with Crippen molar-refractivity contribution in [3.05, 3.63) is 56.3 Å². The maximum atomic E-state index is 12.9. The van der Waals surface area contributed by atoms with Crippen molar-refractivity contribution in [1.82, 2.24) is 5.32 Å². The van der Waals surface area contributed by atoms with Gasteiger partial charge < -0.3 is 25.0 Å². The molecule has 0 bridgehead atoms. The van der Waals surface area contributed by atoms with Gasteiger partial charge in [0.2, 0.25) is 0 Å². The number of rotatable bonds is 15. The number of nitrogens with zero attached hydrogens (tertiary/aromatic N) is 1. The van der Waals surface area contributed by atoms with E-state index >= 15 is 0 Å². The van der Waals surface area contributed by atoms with Crippen LogP contribution < -0.4 is 26.4 Å². The second-order valence-electron chi connectivity index (χ2n) is 11.2. The van der Waals surface area contributed by atoms with Crippen LogP contribution in [0.5, 0.6) is 0 Å². The van der Waals surface area contributed by atoms with Gasteiger partial charge in [0.1, 0.15) is 11.4 Å². The number of ether oxygens (including phenoxy) is 2. The molecule has 1 saturated heterocycles. The molecule has 2 aliphatic rings. The lowest BCUT2D eigenvalue weighted by Crippen LogP contribution is -2.49. The first-order valence-electron chi connectivity index (χ1n) is 14.8. The minimum Gasteiger partial charge on any atom is -0.385 e. The zero-order valence-electron chi connectivity index (χ0n) is 23.4. The molecule has 210 valence electrons. The number of anilines is 2. The third-order valence-corrected chi connectivity index (χ3v) is 8.34. The number of likely N-dealkylation sites (N-methyl/N-ethyl adjacent to an activating group) is 1. The van der Waals surface area contributed by atoms with Gasteiger partial charge >= 0.3 is 0 Å². The number of hydrogen-bond acceptors (Lipinski definition) is 7. The summed E-state index contributed by atoms with van der Waals surface area (Å²) in [5.41, 5.74) is 1.59. The molecular weight excluding hydrogens is 478 g/mol. The minimum absolute atomic E-state index is 0.0495. The number of piperidine rings is 1. The highest BCUT2D eigenvalue weighted by atomic mass is 16.5. The summed E-state index contributed by atoms with van der Waals surface area (Å²) in [7, 11) is 1.71. The highest BCUT2D eigenvalue weighted by Crippen LogP contribution is 2.36. The lowest BCUT2D eigenvalue weighted by Gasteiger charge is -2.39. The van der Waals surface area contributed by atoms with E-state index in [1.54, 1.807) is 7.11 Å². The summed E-state index contributed by atoms with van der Waals surface area (Å²) in [6, 6.07) is 10.5. The van der Waals surface area contributed by atoms with Crippen molar-refractivity contribution in [1.29, 1.82) is 0 Å². The highest BCUT2D eigenvalue weighted by Gasteiger charge is 2.34. The van der Waals surface area contributed by atoms with Crippen molar-refractivity contribution in [2.24, 2.45) is 11.8 Å². The Bertz CT molecular complexity index is 1030. The molecule has 0 amide bonds.